The number of imidazole rings is 1. The molecule has 0 aliphatic heterocycles. The fourth-order valence-corrected chi connectivity index (χ4v) is 2.48. The van der Waals surface area contributed by atoms with Gasteiger partial charge in [-0.1, -0.05) is 18.2 Å². The third-order valence-electron chi connectivity index (χ3n) is 3.71. The van der Waals surface area contributed by atoms with Gasteiger partial charge in [0.05, 0.1) is 12.7 Å². The molecule has 25 heavy (non-hydrogen) atoms. The monoisotopic (exact) mass is 339 g/mol. The number of carboxylic acid groups (broad SMARTS) is 1. The predicted octanol–water partition coefficient (Wildman–Crippen LogP) is 2.60. The molecular formula is C18H17N3O4. The van der Waals surface area contributed by atoms with Crippen LogP contribution in [0.15, 0.2) is 59.9 Å². The molecule has 0 saturated heterocycles. The van der Waals surface area contributed by atoms with Gasteiger partial charge in [-0.2, -0.15) is 0 Å². The molecule has 2 heterocycles. The molecule has 3 rings (SSSR count). The Kier molecular flexibility index (Phi) is 4.65. The fourth-order valence-electron chi connectivity index (χ4n) is 2.48. The molecule has 7 heteroatoms. The van der Waals surface area contributed by atoms with Crippen molar-refractivity contribution in [3.8, 4) is 11.5 Å². The normalized spacial score (nSPS) is 10.6. The van der Waals surface area contributed by atoms with Crippen molar-refractivity contribution in [3.63, 3.8) is 0 Å². The van der Waals surface area contributed by atoms with Gasteiger partial charge in [0.2, 0.25) is 5.43 Å². The number of nitrogens with zero attached hydrogens (tertiary/aromatic N) is 3. The zero-order valence-electron chi connectivity index (χ0n) is 13.6. The van der Waals surface area contributed by atoms with Gasteiger partial charge in [0.15, 0.2) is 5.75 Å². The van der Waals surface area contributed by atoms with Gasteiger partial charge < -0.3 is 19.0 Å². The number of aromatic carboxylic acids is 1. The molecule has 128 valence electrons. The van der Waals surface area contributed by atoms with Crippen molar-refractivity contribution in [2.75, 3.05) is 0 Å². The van der Waals surface area contributed by atoms with Crippen LogP contribution in [0.4, 0.5) is 0 Å². The summed E-state index contributed by atoms with van der Waals surface area (Å²) >= 11 is 0. The second-order valence-corrected chi connectivity index (χ2v) is 5.39. The second-order valence-electron chi connectivity index (χ2n) is 5.39. The van der Waals surface area contributed by atoms with Crippen LogP contribution in [0.5, 0.6) is 11.5 Å². The summed E-state index contributed by atoms with van der Waals surface area (Å²) in [5.41, 5.74) is -1.01. The van der Waals surface area contributed by atoms with E-state index in [0.717, 1.165) is 12.4 Å². The maximum atomic E-state index is 12.4. The quantitative estimate of drug-likeness (QED) is 0.746. The summed E-state index contributed by atoms with van der Waals surface area (Å²) in [4.78, 5) is 28.0. The molecule has 0 aliphatic rings. The minimum absolute atomic E-state index is 0.0410. The van der Waals surface area contributed by atoms with Gasteiger partial charge in [0.1, 0.15) is 17.1 Å². The Morgan fingerprint density at radius 2 is 2.00 bits per heavy atom. The molecule has 7 nitrogen and oxygen atoms in total. The fraction of sp³-hybridized carbons (Fsp3) is 0.167. The lowest BCUT2D eigenvalue weighted by molar-refractivity contribution is 0.0694. The van der Waals surface area contributed by atoms with Crippen LogP contribution in [0, 0.1) is 0 Å². The number of benzene rings is 1. The zero-order valence-corrected chi connectivity index (χ0v) is 13.6. The Morgan fingerprint density at radius 3 is 2.68 bits per heavy atom. The van der Waals surface area contributed by atoms with E-state index in [1.54, 1.807) is 35.0 Å². The smallest absolute Gasteiger partial charge is 0.341 e. The van der Waals surface area contributed by atoms with Crippen molar-refractivity contribution in [1.82, 2.24) is 14.1 Å². The standard InChI is InChI=1S/C18H17N3O4/c1-2-21-9-8-19-16(21)12-20-10-14(18(23)24)17(22)15(11-20)25-13-6-4-3-5-7-13/h3-11H,2,12H2,1H3,(H,23,24). The topological polar surface area (TPSA) is 86.4 Å². The summed E-state index contributed by atoms with van der Waals surface area (Å²) in [6.45, 7) is 3.06. The first-order valence-corrected chi connectivity index (χ1v) is 7.78. The summed E-state index contributed by atoms with van der Waals surface area (Å²) in [6, 6.07) is 8.76. The van der Waals surface area contributed by atoms with E-state index < -0.39 is 11.4 Å². The molecule has 1 N–H and O–H groups in total. The Labute approximate surface area is 143 Å². The summed E-state index contributed by atoms with van der Waals surface area (Å²) in [6.07, 6.45) is 6.33. The molecule has 0 radical (unpaired) electrons. The number of aromatic nitrogens is 3. The average Bonchev–Trinajstić information content (AvgIpc) is 3.05. The highest BCUT2D eigenvalue weighted by Gasteiger charge is 2.16. The van der Waals surface area contributed by atoms with E-state index in [-0.39, 0.29) is 11.3 Å². The third-order valence-corrected chi connectivity index (χ3v) is 3.71. The van der Waals surface area contributed by atoms with E-state index in [1.165, 1.54) is 12.4 Å². The molecule has 0 atom stereocenters. The SMILES string of the molecule is CCn1ccnc1Cn1cc(Oc2ccccc2)c(=O)c(C(=O)O)c1. The lowest BCUT2D eigenvalue weighted by atomic mass is 10.2. The maximum Gasteiger partial charge on any atom is 0.341 e. The van der Waals surface area contributed by atoms with Crippen molar-refractivity contribution in [1.29, 1.82) is 0 Å². The number of carboxylic acids is 1. The first kappa shape index (κ1) is 16.5. The first-order valence-electron chi connectivity index (χ1n) is 7.78. The van der Waals surface area contributed by atoms with E-state index in [9.17, 15) is 14.7 Å². The van der Waals surface area contributed by atoms with Crippen molar-refractivity contribution in [3.05, 3.63) is 76.7 Å². The maximum absolute atomic E-state index is 12.4. The van der Waals surface area contributed by atoms with Gasteiger partial charge in [-0.3, -0.25) is 4.79 Å². The van der Waals surface area contributed by atoms with Crippen LogP contribution < -0.4 is 10.2 Å². The highest BCUT2D eigenvalue weighted by atomic mass is 16.5. The Morgan fingerprint density at radius 1 is 1.24 bits per heavy atom. The minimum Gasteiger partial charge on any atom is -0.477 e. The molecule has 3 aromatic rings. The predicted molar refractivity (Wildman–Crippen MR) is 91.2 cm³/mol. The number of pyridine rings is 1. The van der Waals surface area contributed by atoms with Gasteiger partial charge in [-0.25, -0.2) is 9.78 Å². The zero-order chi connectivity index (χ0) is 17.8. The van der Waals surface area contributed by atoms with E-state index >= 15 is 0 Å². The molecule has 0 unspecified atom stereocenters. The van der Waals surface area contributed by atoms with Crippen molar-refractivity contribution in [2.24, 2.45) is 0 Å². The average molecular weight is 339 g/mol. The molecule has 0 bridgehead atoms. The van der Waals surface area contributed by atoms with Gasteiger partial charge in [-0.05, 0) is 19.1 Å². The van der Waals surface area contributed by atoms with Crippen LogP contribution in [0.3, 0.4) is 0 Å². The number of ether oxygens (including phenoxy) is 1. The molecule has 0 fully saturated rings. The van der Waals surface area contributed by atoms with Gasteiger partial charge in [0, 0.05) is 25.1 Å². The number of hydrogen-bond donors (Lipinski definition) is 1. The third kappa shape index (κ3) is 3.60. The number of carbonyl (C=O) groups is 1. The number of para-hydroxylation sites is 1. The van der Waals surface area contributed by atoms with Crippen LogP contribution in [-0.4, -0.2) is 25.2 Å². The molecule has 0 spiro atoms. The van der Waals surface area contributed by atoms with Gasteiger partial charge in [0.25, 0.3) is 0 Å². The van der Waals surface area contributed by atoms with Crippen molar-refractivity contribution >= 4 is 5.97 Å². The van der Waals surface area contributed by atoms with Crippen LogP contribution in [-0.2, 0) is 13.1 Å². The van der Waals surface area contributed by atoms with Gasteiger partial charge >= 0.3 is 5.97 Å². The first-order chi connectivity index (χ1) is 12.1. The lowest BCUT2D eigenvalue weighted by Crippen LogP contribution is -2.20. The van der Waals surface area contributed by atoms with Crippen molar-refractivity contribution < 1.29 is 14.6 Å². The van der Waals surface area contributed by atoms with E-state index in [1.807, 2.05) is 23.8 Å². The van der Waals surface area contributed by atoms with Crippen molar-refractivity contribution in [2.45, 2.75) is 20.0 Å². The Bertz CT molecular complexity index is 944. The van der Waals surface area contributed by atoms with Gasteiger partial charge in [-0.15, -0.1) is 0 Å². The van der Waals surface area contributed by atoms with E-state index in [4.69, 9.17) is 4.74 Å². The lowest BCUT2D eigenvalue weighted by Gasteiger charge is -2.12. The van der Waals surface area contributed by atoms with Crippen LogP contribution in [0.2, 0.25) is 0 Å². The summed E-state index contributed by atoms with van der Waals surface area (Å²) in [7, 11) is 0. The highest BCUT2D eigenvalue weighted by Crippen LogP contribution is 2.18. The molecule has 1 aromatic carbocycles. The second kappa shape index (κ2) is 7.04. The molecule has 0 amide bonds. The molecule has 2 aromatic heterocycles. The van der Waals surface area contributed by atoms with Crippen LogP contribution in [0.1, 0.15) is 23.1 Å². The van der Waals surface area contributed by atoms with Crippen LogP contribution in [0.25, 0.3) is 0 Å². The number of hydrogen-bond acceptors (Lipinski definition) is 4. The summed E-state index contributed by atoms with van der Waals surface area (Å²) < 4.78 is 9.13. The Hall–Kier alpha value is -3.35. The van der Waals surface area contributed by atoms with E-state index in [0.29, 0.717) is 12.3 Å². The minimum atomic E-state index is -1.30. The van der Waals surface area contributed by atoms with Crippen LogP contribution >= 0.6 is 0 Å². The molecular weight excluding hydrogens is 322 g/mol. The number of rotatable bonds is 6. The molecule has 0 aliphatic carbocycles. The largest absolute Gasteiger partial charge is 0.477 e. The van der Waals surface area contributed by atoms with E-state index in [2.05, 4.69) is 4.98 Å². The summed E-state index contributed by atoms with van der Waals surface area (Å²) in [5, 5.41) is 9.32. The Balaban J connectivity index is 2.01. The molecule has 0 saturated carbocycles. The summed E-state index contributed by atoms with van der Waals surface area (Å²) in [5.74, 6) is -0.117. The highest BCUT2D eigenvalue weighted by molar-refractivity contribution is 5.87. The number of aryl methyl sites for hydroxylation is 1.